The predicted molar refractivity (Wildman–Crippen MR) is 95.3 cm³/mol. The molecule has 1 amide bonds. The molecule has 0 spiro atoms. The average molecular weight is 364 g/mol. The van der Waals surface area contributed by atoms with E-state index in [2.05, 4.69) is 10.0 Å². The van der Waals surface area contributed by atoms with Gasteiger partial charge in [0.25, 0.3) is 0 Å². The first kappa shape index (κ1) is 19.1. The van der Waals surface area contributed by atoms with Crippen LogP contribution >= 0.6 is 0 Å². The standard InChI is InChI=1S/C18H21FN2O3S/c1-4-16(18(22)20-17-11-12(2)5-6-13(17)3)21-25(23,24)15-9-7-14(19)8-10-15/h5-11,16,21H,4H2,1-3H3,(H,20,22). The van der Waals surface area contributed by atoms with E-state index in [9.17, 15) is 17.6 Å². The molecule has 1 atom stereocenters. The fraction of sp³-hybridized carbons (Fsp3) is 0.278. The number of carbonyl (C=O) groups is 1. The second kappa shape index (κ2) is 7.76. The summed E-state index contributed by atoms with van der Waals surface area (Å²) in [6, 6.07) is 9.15. The molecule has 2 rings (SSSR count). The number of carbonyl (C=O) groups excluding carboxylic acids is 1. The Balaban J connectivity index is 2.17. The van der Waals surface area contributed by atoms with E-state index in [0.29, 0.717) is 5.69 Å². The number of amides is 1. The Morgan fingerprint density at radius 3 is 2.36 bits per heavy atom. The van der Waals surface area contributed by atoms with E-state index in [-0.39, 0.29) is 11.3 Å². The van der Waals surface area contributed by atoms with Crippen molar-refractivity contribution in [1.29, 1.82) is 0 Å². The normalized spacial score (nSPS) is 12.6. The lowest BCUT2D eigenvalue weighted by Crippen LogP contribution is -2.43. The molecule has 0 aromatic heterocycles. The van der Waals surface area contributed by atoms with E-state index >= 15 is 0 Å². The minimum Gasteiger partial charge on any atom is -0.324 e. The summed E-state index contributed by atoms with van der Waals surface area (Å²) in [5.74, 6) is -0.972. The van der Waals surface area contributed by atoms with Crippen LogP contribution in [-0.2, 0) is 14.8 Å². The third-order valence-corrected chi connectivity index (χ3v) is 5.28. The highest BCUT2D eigenvalue weighted by atomic mass is 32.2. The van der Waals surface area contributed by atoms with Crippen molar-refractivity contribution < 1.29 is 17.6 Å². The maximum atomic E-state index is 13.0. The van der Waals surface area contributed by atoms with Gasteiger partial charge in [0.05, 0.1) is 4.90 Å². The lowest BCUT2D eigenvalue weighted by atomic mass is 10.1. The fourth-order valence-corrected chi connectivity index (χ4v) is 3.56. The molecular formula is C18H21FN2O3S. The maximum absolute atomic E-state index is 13.0. The van der Waals surface area contributed by atoms with Gasteiger partial charge in [-0.2, -0.15) is 4.72 Å². The van der Waals surface area contributed by atoms with Crippen LogP contribution in [0, 0.1) is 19.7 Å². The third kappa shape index (κ3) is 4.87. The number of halogens is 1. The Morgan fingerprint density at radius 1 is 1.12 bits per heavy atom. The lowest BCUT2D eigenvalue weighted by Gasteiger charge is -2.18. The molecule has 0 aliphatic carbocycles. The maximum Gasteiger partial charge on any atom is 0.242 e. The van der Waals surface area contributed by atoms with Gasteiger partial charge in [-0.3, -0.25) is 4.79 Å². The summed E-state index contributed by atoms with van der Waals surface area (Å²) >= 11 is 0. The number of sulfonamides is 1. The molecule has 0 saturated heterocycles. The number of nitrogens with one attached hydrogen (secondary N) is 2. The summed E-state index contributed by atoms with van der Waals surface area (Å²) in [5, 5.41) is 2.76. The number of anilines is 1. The first-order valence-corrected chi connectivity index (χ1v) is 9.37. The van der Waals surface area contributed by atoms with E-state index in [1.165, 1.54) is 0 Å². The van der Waals surface area contributed by atoms with Crippen LogP contribution in [0.25, 0.3) is 0 Å². The topological polar surface area (TPSA) is 75.3 Å². The molecule has 0 aliphatic heterocycles. The highest BCUT2D eigenvalue weighted by molar-refractivity contribution is 7.89. The highest BCUT2D eigenvalue weighted by Crippen LogP contribution is 2.17. The minimum atomic E-state index is -3.92. The molecule has 2 aromatic rings. The molecule has 134 valence electrons. The van der Waals surface area contributed by atoms with Crippen molar-refractivity contribution >= 4 is 21.6 Å². The number of hydrogen-bond acceptors (Lipinski definition) is 3. The zero-order chi connectivity index (χ0) is 18.6. The molecular weight excluding hydrogens is 343 g/mol. The molecule has 0 heterocycles. The lowest BCUT2D eigenvalue weighted by molar-refractivity contribution is -0.117. The summed E-state index contributed by atoms with van der Waals surface area (Å²) < 4.78 is 40.1. The van der Waals surface area contributed by atoms with Crippen LogP contribution in [0.4, 0.5) is 10.1 Å². The van der Waals surface area contributed by atoms with Crippen molar-refractivity contribution in [2.24, 2.45) is 0 Å². The molecule has 0 radical (unpaired) electrons. The minimum absolute atomic E-state index is 0.0908. The summed E-state index contributed by atoms with van der Waals surface area (Å²) in [5.41, 5.74) is 2.51. The number of aryl methyl sites for hydroxylation is 2. The van der Waals surface area contributed by atoms with E-state index in [4.69, 9.17) is 0 Å². The van der Waals surface area contributed by atoms with E-state index in [1.807, 2.05) is 32.0 Å². The zero-order valence-corrected chi connectivity index (χ0v) is 15.2. The Bertz CT molecular complexity index is 864. The molecule has 0 bridgehead atoms. The van der Waals surface area contributed by atoms with Gasteiger partial charge in [0.15, 0.2) is 0 Å². The van der Waals surface area contributed by atoms with E-state index in [1.54, 1.807) is 6.92 Å². The Hall–Kier alpha value is -2.25. The van der Waals surface area contributed by atoms with Crippen molar-refractivity contribution in [1.82, 2.24) is 4.72 Å². The van der Waals surface area contributed by atoms with Gasteiger partial charge in [0.2, 0.25) is 15.9 Å². The van der Waals surface area contributed by atoms with Gasteiger partial charge in [0, 0.05) is 5.69 Å². The van der Waals surface area contributed by atoms with Crippen molar-refractivity contribution in [2.45, 2.75) is 38.1 Å². The van der Waals surface area contributed by atoms with Crippen LogP contribution < -0.4 is 10.0 Å². The van der Waals surface area contributed by atoms with Crippen molar-refractivity contribution in [2.75, 3.05) is 5.32 Å². The van der Waals surface area contributed by atoms with Crippen LogP contribution in [0.15, 0.2) is 47.4 Å². The molecule has 5 nitrogen and oxygen atoms in total. The molecule has 2 N–H and O–H groups in total. The zero-order valence-electron chi connectivity index (χ0n) is 14.3. The largest absolute Gasteiger partial charge is 0.324 e. The molecule has 0 saturated carbocycles. The van der Waals surface area contributed by atoms with E-state index < -0.39 is 27.8 Å². The van der Waals surface area contributed by atoms with Gasteiger partial charge in [-0.1, -0.05) is 19.1 Å². The average Bonchev–Trinajstić information content (AvgIpc) is 2.56. The van der Waals surface area contributed by atoms with Crippen LogP contribution in [0.3, 0.4) is 0 Å². The number of rotatable bonds is 6. The van der Waals surface area contributed by atoms with Gasteiger partial charge in [-0.25, -0.2) is 12.8 Å². The Kier molecular flexibility index (Phi) is 5.92. The van der Waals surface area contributed by atoms with Crippen LogP contribution in [0.5, 0.6) is 0 Å². The molecule has 2 aromatic carbocycles. The molecule has 1 unspecified atom stereocenters. The summed E-state index contributed by atoms with van der Waals surface area (Å²) in [7, 11) is -3.92. The smallest absolute Gasteiger partial charge is 0.242 e. The van der Waals surface area contributed by atoms with Gasteiger partial charge in [-0.05, 0) is 61.7 Å². The van der Waals surface area contributed by atoms with Crippen molar-refractivity contribution in [3.63, 3.8) is 0 Å². The first-order valence-electron chi connectivity index (χ1n) is 7.89. The van der Waals surface area contributed by atoms with Crippen LogP contribution in [0.2, 0.25) is 0 Å². The third-order valence-electron chi connectivity index (χ3n) is 3.80. The van der Waals surface area contributed by atoms with E-state index in [0.717, 1.165) is 35.4 Å². The number of hydrogen-bond donors (Lipinski definition) is 2. The first-order chi connectivity index (χ1) is 11.7. The highest BCUT2D eigenvalue weighted by Gasteiger charge is 2.24. The van der Waals surface area contributed by atoms with Crippen molar-refractivity contribution in [3.8, 4) is 0 Å². The summed E-state index contributed by atoms with van der Waals surface area (Å²) in [6.45, 7) is 5.48. The van der Waals surface area contributed by atoms with Crippen molar-refractivity contribution in [3.05, 3.63) is 59.4 Å². The Labute approximate surface area is 147 Å². The molecule has 0 aliphatic rings. The quantitative estimate of drug-likeness (QED) is 0.827. The van der Waals surface area contributed by atoms with Gasteiger partial charge in [0.1, 0.15) is 11.9 Å². The van der Waals surface area contributed by atoms with Crippen LogP contribution in [0.1, 0.15) is 24.5 Å². The summed E-state index contributed by atoms with van der Waals surface area (Å²) in [6.07, 6.45) is 0.275. The second-order valence-corrected chi connectivity index (χ2v) is 7.56. The van der Waals surface area contributed by atoms with Gasteiger partial charge < -0.3 is 5.32 Å². The predicted octanol–water partition coefficient (Wildman–Crippen LogP) is 3.14. The number of benzene rings is 2. The monoisotopic (exact) mass is 364 g/mol. The molecule has 25 heavy (non-hydrogen) atoms. The van der Waals surface area contributed by atoms with Crippen LogP contribution in [-0.4, -0.2) is 20.4 Å². The summed E-state index contributed by atoms with van der Waals surface area (Å²) in [4.78, 5) is 12.4. The SMILES string of the molecule is CCC(NS(=O)(=O)c1ccc(F)cc1)C(=O)Nc1cc(C)ccc1C. The molecule has 0 fully saturated rings. The van der Waals surface area contributed by atoms with Gasteiger partial charge in [-0.15, -0.1) is 0 Å². The second-order valence-electron chi connectivity index (χ2n) is 5.84. The fourth-order valence-electron chi connectivity index (χ4n) is 2.28. The van der Waals surface area contributed by atoms with Gasteiger partial charge >= 0.3 is 0 Å². The Morgan fingerprint density at radius 2 is 1.76 bits per heavy atom. The molecule has 7 heteroatoms.